The summed E-state index contributed by atoms with van der Waals surface area (Å²) in [6.07, 6.45) is 9.04. The second-order valence-electron chi connectivity index (χ2n) is 6.73. The lowest BCUT2D eigenvalue weighted by atomic mass is 10.1. The normalized spacial score (nSPS) is 23.1. The molecule has 4 rings (SSSR count). The lowest BCUT2D eigenvalue weighted by Gasteiger charge is -2.26. The molecule has 0 aliphatic carbocycles. The quantitative estimate of drug-likeness (QED) is 0.926. The van der Waals surface area contributed by atoms with Crippen LogP contribution in [0.3, 0.4) is 0 Å². The van der Waals surface area contributed by atoms with Gasteiger partial charge in [-0.05, 0) is 31.4 Å². The van der Waals surface area contributed by atoms with E-state index in [2.05, 4.69) is 27.8 Å². The lowest BCUT2D eigenvalue weighted by Crippen LogP contribution is -2.42. The summed E-state index contributed by atoms with van der Waals surface area (Å²) in [6.45, 7) is 2.47. The number of hydrogen-bond acceptors (Lipinski definition) is 4. The molecule has 25 heavy (non-hydrogen) atoms. The summed E-state index contributed by atoms with van der Waals surface area (Å²) < 4.78 is 1.71. The number of hydrogen-bond donors (Lipinski definition) is 1. The maximum Gasteiger partial charge on any atom is 0.276 e. The van der Waals surface area contributed by atoms with Crippen LogP contribution in [0.1, 0.15) is 35.3 Å². The molecule has 2 aromatic rings. The number of fused-ring (bicyclic) bond motifs is 2. The third kappa shape index (κ3) is 3.49. The Kier molecular flexibility index (Phi) is 4.61. The summed E-state index contributed by atoms with van der Waals surface area (Å²) in [7, 11) is 0. The van der Waals surface area contributed by atoms with Crippen LogP contribution in [0.15, 0.2) is 42.6 Å². The summed E-state index contributed by atoms with van der Waals surface area (Å²) >= 11 is 0. The number of carbonyl (C=O) groups excluding carboxylic acids is 1. The fourth-order valence-electron chi connectivity index (χ4n) is 3.79. The summed E-state index contributed by atoms with van der Waals surface area (Å²) in [5, 5.41) is 11.6. The highest BCUT2D eigenvalue weighted by molar-refractivity contribution is 5.92. The molecule has 3 heterocycles. The van der Waals surface area contributed by atoms with Crippen molar-refractivity contribution in [3.05, 3.63) is 53.9 Å². The van der Waals surface area contributed by atoms with E-state index in [0.717, 1.165) is 37.9 Å². The van der Waals surface area contributed by atoms with Crippen LogP contribution in [0.2, 0.25) is 0 Å². The van der Waals surface area contributed by atoms with Crippen molar-refractivity contribution in [2.24, 2.45) is 0 Å². The molecule has 2 saturated heterocycles. The Morgan fingerprint density at radius 3 is 2.92 bits per heavy atom. The minimum atomic E-state index is 0.0227. The Bertz CT molecular complexity index is 740. The molecule has 2 atom stereocenters. The highest BCUT2D eigenvalue weighted by Gasteiger charge is 2.39. The van der Waals surface area contributed by atoms with E-state index in [9.17, 15) is 4.79 Å². The molecule has 1 amide bonds. The van der Waals surface area contributed by atoms with E-state index in [1.54, 1.807) is 10.9 Å². The maximum absolute atomic E-state index is 12.9. The van der Waals surface area contributed by atoms with Crippen molar-refractivity contribution in [3.63, 3.8) is 0 Å². The predicted molar refractivity (Wildman–Crippen MR) is 96.0 cm³/mol. The monoisotopic (exact) mass is 337 g/mol. The fraction of sp³-hybridized carbons (Fsp3) is 0.421. The molecule has 0 saturated carbocycles. The Morgan fingerprint density at radius 2 is 2.04 bits per heavy atom. The average molecular weight is 337 g/mol. The summed E-state index contributed by atoms with van der Waals surface area (Å²) in [5.74, 6) is 0.0227. The number of nitrogens with one attached hydrogen (secondary N) is 1. The van der Waals surface area contributed by atoms with Gasteiger partial charge in [-0.3, -0.25) is 4.79 Å². The number of nitrogens with zero attached hydrogens (tertiary/aromatic N) is 4. The van der Waals surface area contributed by atoms with Gasteiger partial charge in [0.2, 0.25) is 0 Å². The van der Waals surface area contributed by atoms with Gasteiger partial charge in [0.25, 0.3) is 5.91 Å². The van der Waals surface area contributed by atoms with E-state index in [-0.39, 0.29) is 5.91 Å². The Morgan fingerprint density at radius 1 is 1.20 bits per heavy atom. The SMILES string of the molecule is O=C(c1cn(CC=Cc2ccccc2)nn1)N1[C@H]2CCNC[C@@H]1CC2. The lowest BCUT2D eigenvalue weighted by molar-refractivity contribution is 0.0674. The second kappa shape index (κ2) is 7.19. The molecular weight excluding hydrogens is 314 g/mol. The van der Waals surface area contributed by atoms with Crippen LogP contribution < -0.4 is 5.32 Å². The van der Waals surface area contributed by atoms with Crippen molar-refractivity contribution in [1.82, 2.24) is 25.2 Å². The van der Waals surface area contributed by atoms with Gasteiger partial charge in [0.1, 0.15) is 0 Å². The van der Waals surface area contributed by atoms with E-state index in [0.29, 0.717) is 24.3 Å². The van der Waals surface area contributed by atoms with Crippen LogP contribution in [-0.4, -0.2) is 51.0 Å². The first-order valence-corrected chi connectivity index (χ1v) is 8.96. The molecule has 6 nitrogen and oxygen atoms in total. The number of amides is 1. The second-order valence-corrected chi connectivity index (χ2v) is 6.73. The highest BCUT2D eigenvalue weighted by atomic mass is 16.2. The van der Waals surface area contributed by atoms with Crippen molar-refractivity contribution in [1.29, 1.82) is 0 Å². The van der Waals surface area contributed by atoms with Crippen LogP contribution in [0.4, 0.5) is 0 Å². The molecule has 2 bridgehead atoms. The zero-order valence-electron chi connectivity index (χ0n) is 14.2. The number of carbonyl (C=O) groups is 1. The fourth-order valence-corrected chi connectivity index (χ4v) is 3.79. The molecular formula is C19H23N5O. The minimum absolute atomic E-state index is 0.0227. The van der Waals surface area contributed by atoms with Crippen molar-refractivity contribution in [2.45, 2.75) is 37.9 Å². The minimum Gasteiger partial charge on any atom is -0.330 e. The molecule has 6 heteroatoms. The van der Waals surface area contributed by atoms with Crippen molar-refractivity contribution >= 4 is 12.0 Å². The number of benzene rings is 1. The topological polar surface area (TPSA) is 63.1 Å². The Labute approximate surface area is 147 Å². The van der Waals surface area contributed by atoms with Gasteiger partial charge < -0.3 is 10.2 Å². The van der Waals surface area contributed by atoms with Crippen molar-refractivity contribution in [2.75, 3.05) is 13.1 Å². The highest BCUT2D eigenvalue weighted by Crippen LogP contribution is 2.29. The van der Waals surface area contributed by atoms with Crippen LogP contribution in [0.5, 0.6) is 0 Å². The Balaban J connectivity index is 1.42. The maximum atomic E-state index is 12.9. The first kappa shape index (κ1) is 16.0. The van der Waals surface area contributed by atoms with Gasteiger partial charge in [-0.25, -0.2) is 4.68 Å². The number of aromatic nitrogens is 3. The predicted octanol–water partition coefficient (Wildman–Crippen LogP) is 1.96. The Hall–Kier alpha value is -2.47. The third-order valence-electron chi connectivity index (χ3n) is 5.05. The molecule has 2 aliphatic rings. The number of allylic oxidation sites excluding steroid dienone is 1. The summed E-state index contributed by atoms with van der Waals surface area (Å²) in [6, 6.07) is 10.8. The van der Waals surface area contributed by atoms with Gasteiger partial charge in [-0.15, -0.1) is 5.10 Å². The summed E-state index contributed by atoms with van der Waals surface area (Å²) in [5.41, 5.74) is 1.60. The van der Waals surface area contributed by atoms with Crippen molar-refractivity contribution in [3.8, 4) is 0 Å². The van der Waals surface area contributed by atoms with E-state index >= 15 is 0 Å². The van der Waals surface area contributed by atoms with Crippen molar-refractivity contribution < 1.29 is 4.79 Å². The molecule has 0 unspecified atom stereocenters. The molecule has 0 radical (unpaired) electrons. The molecule has 1 N–H and O–H groups in total. The summed E-state index contributed by atoms with van der Waals surface area (Å²) in [4.78, 5) is 14.9. The van der Waals surface area contributed by atoms with Gasteiger partial charge >= 0.3 is 0 Å². The first-order valence-electron chi connectivity index (χ1n) is 8.96. The van der Waals surface area contributed by atoms with Crippen LogP contribution in [-0.2, 0) is 6.54 Å². The van der Waals surface area contributed by atoms with Gasteiger partial charge in [0.05, 0.1) is 12.7 Å². The molecule has 0 spiro atoms. The van der Waals surface area contributed by atoms with Crippen LogP contribution >= 0.6 is 0 Å². The average Bonchev–Trinajstić information content (AvgIpc) is 3.19. The van der Waals surface area contributed by atoms with Gasteiger partial charge in [0, 0.05) is 18.6 Å². The van der Waals surface area contributed by atoms with Gasteiger partial charge in [-0.2, -0.15) is 0 Å². The largest absolute Gasteiger partial charge is 0.330 e. The molecule has 2 fully saturated rings. The van der Waals surface area contributed by atoms with E-state index in [4.69, 9.17) is 0 Å². The van der Waals surface area contributed by atoms with Crippen LogP contribution in [0.25, 0.3) is 6.08 Å². The standard InChI is InChI=1S/C19H23N5O/c25-19(24-16-8-9-17(24)13-20-11-10-16)18-14-23(22-21-18)12-4-7-15-5-2-1-3-6-15/h1-7,14,16-17,20H,8-13H2/t16-,17+/m1/s1. The smallest absolute Gasteiger partial charge is 0.276 e. The van der Waals surface area contributed by atoms with Crippen LogP contribution in [0, 0.1) is 0 Å². The third-order valence-corrected chi connectivity index (χ3v) is 5.05. The first-order chi connectivity index (χ1) is 12.3. The van der Waals surface area contributed by atoms with Gasteiger partial charge in [-0.1, -0.05) is 47.7 Å². The van der Waals surface area contributed by atoms with E-state index in [1.807, 2.05) is 35.3 Å². The zero-order chi connectivity index (χ0) is 17.1. The molecule has 2 aliphatic heterocycles. The molecule has 1 aromatic heterocycles. The molecule has 130 valence electrons. The van der Waals surface area contributed by atoms with E-state index in [1.165, 1.54) is 0 Å². The zero-order valence-corrected chi connectivity index (χ0v) is 14.2. The van der Waals surface area contributed by atoms with E-state index < -0.39 is 0 Å². The number of rotatable bonds is 4. The van der Waals surface area contributed by atoms with Gasteiger partial charge in [0.15, 0.2) is 5.69 Å². The molecule has 1 aromatic carbocycles.